The third-order valence-corrected chi connectivity index (χ3v) is 2.97. The van der Waals surface area contributed by atoms with Crippen molar-refractivity contribution >= 4 is 0 Å². The van der Waals surface area contributed by atoms with Gasteiger partial charge < -0.3 is 9.73 Å². The summed E-state index contributed by atoms with van der Waals surface area (Å²) in [6.07, 6.45) is 5.06. The van der Waals surface area contributed by atoms with Crippen LogP contribution in [0, 0.1) is 0 Å². The maximum absolute atomic E-state index is 5.61. The average molecular weight is 259 g/mol. The third-order valence-electron chi connectivity index (χ3n) is 2.97. The van der Waals surface area contributed by atoms with Gasteiger partial charge in [-0.05, 0) is 25.1 Å². The van der Waals surface area contributed by atoms with Gasteiger partial charge in [-0.1, -0.05) is 44.4 Å². The number of nitrogens with zero attached hydrogens (tertiary/aromatic N) is 2. The molecule has 0 atom stereocenters. The Balaban J connectivity index is 1.75. The lowest BCUT2D eigenvalue weighted by atomic mass is 10.2. The third kappa shape index (κ3) is 4.48. The fourth-order valence-electron chi connectivity index (χ4n) is 1.89. The fraction of sp³-hybridized carbons (Fsp3) is 0.467. The van der Waals surface area contributed by atoms with E-state index in [0.717, 1.165) is 12.1 Å². The number of nitrogens with one attached hydrogen (secondary N) is 1. The molecule has 19 heavy (non-hydrogen) atoms. The van der Waals surface area contributed by atoms with Gasteiger partial charge in [0.25, 0.3) is 0 Å². The first-order valence-electron chi connectivity index (χ1n) is 6.98. The van der Waals surface area contributed by atoms with E-state index in [1.165, 1.54) is 25.7 Å². The number of benzene rings is 1. The molecule has 2 aromatic rings. The van der Waals surface area contributed by atoms with Crippen molar-refractivity contribution in [1.82, 2.24) is 15.5 Å². The molecule has 0 saturated heterocycles. The molecular formula is C15H21N3O. The summed E-state index contributed by atoms with van der Waals surface area (Å²) < 4.78 is 5.61. The minimum absolute atomic E-state index is 0.586. The summed E-state index contributed by atoms with van der Waals surface area (Å²) in [6, 6.07) is 9.83. The van der Waals surface area contributed by atoms with Gasteiger partial charge in [-0.3, -0.25) is 0 Å². The van der Waals surface area contributed by atoms with Gasteiger partial charge in [0.1, 0.15) is 0 Å². The predicted molar refractivity (Wildman–Crippen MR) is 75.6 cm³/mol. The van der Waals surface area contributed by atoms with Gasteiger partial charge in [-0.2, -0.15) is 0 Å². The van der Waals surface area contributed by atoms with Crippen molar-refractivity contribution in [3.8, 4) is 11.5 Å². The number of rotatable bonds is 8. The first kappa shape index (κ1) is 13.7. The fourth-order valence-corrected chi connectivity index (χ4v) is 1.89. The summed E-state index contributed by atoms with van der Waals surface area (Å²) in [5.41, 5.74) is 0.962. The SMILES string of the molecule is CCCCCCNCc1nnc(-c2ccccc2)o1. The number of hydrogen-bond donors (Lipinski definition) is 1. The van der Waals surface area contributed by atoms with Gasteiger partial charge in [0.15, 0.2) is 0 Å². The number of hydrogen-bond acceptors (Lipinski definition) is 4. The molecule has 0 fully saturated rings. The molecule has 0 spiro atoms. The lowest BCUT2D eigenvalue weighted by Crippen LogP contribution is -2.14. The smallest absolute Gasteiger partial charge is 0.247 e. The van der Waals surface area contributed by atoms with Crippen molar-refractivity contribution in [3.63, 3.8) is 0 Å². The van der Waals surface area contributed by atoms with Crippen LogP contribution in [0.2, 0.25) is 0 Å². The van der Waals surface area contributed by atoms with E-state index in [2.05, 4.69) is 22.4 Å². The van der Waals surface area contributed by atoms with Gasteiger partial charge >= 0.3 is 0 Å². The average Bonchev–Trinajstić information content (AvgIpc) is 2.92. The Morgan fingerprint density at radius 3 is 2.68 bits per heavy atom. The Labute approximate surface area is 114 Å². The highest BCUT2D eigenvalue weighted by atomic mass is 16.4. The molecule has 0 unspecified atom stereocenters. The lowest BCUT2D eigenvalue weighted by molar-refractivity contribution is 0.472. The van der Waals surface area contributed by atoms with Crippen LogP contribution >= 0.6 is 0 Å². The molecule has 4 nitrogen and oxygen atoms in total. The first-order chi connectivity index (χ1) is 9.40. The minimum atomic E-state index is 0.586. The molecule has 0 aliphatic rings. The quantitative estimate of drug-likeness (QED) is 0.738. The van der Waals surface area contributed by atoms with E-state index >= 15 is 0 Å². The molecule has 0 aliphatic carbocycles. The molecule has 102 valence electrons. The maximum Gasteiger partial charge on any atom is 0.247 e. The van der Waals surface area contributed by atoms with Crippen LogP contribution in [0.4, 0.5) is 0 Å². The molecule has 1 heterocycles. The van der Waals surface area contributed by atoms with E-state index in [1.54, 1.807) is 0 Å². The van der Waals surface area contributed by atoms with E-state index in [-0.39, 0.29) is 0 Å². The molecule has 0 amide bonds. The second-order valence-corrected chi connectivity index (χ2v) is 4.60. The largest absolute Gasteiger partial charge is 0.419 e. The van der Waals surface area contributed by atoms with Gasteiger partial charge in [0.05, 0.1) is 6.54 Å². The molecule has 1 aromatic carbocycles. The van der Waals surface area contributed by atoms with Crippen LogP contribution in [0.5, 0.6) is 0 Å². The van der Waals surface area contributed by atoms with Crippen LogP contribution in [0.25, 0.3) is 11.5 Å². The number of aromatic nitrogens is 2. The zero-order valence-electron chi connectivity index (χ0n) is 11.4. The monoisotopic (exact) mass is 259 g/mol. The first-order valence-corrected chi connectivity index (χ1v) is 6.98. The topological polar surface area (TPSA) is 51.0 Å². The Morgan fingerprint density at radius 1 is 1.05 bits per heavy atom. The molecule has 4 heteroatoms. The highest BCUT2D eigenvalue weighted by Gasteiger charge is 2.07. The molecule has 0 bridgehead atoms. The normalized spacial score (nSPS) is 10.8. The summed E-state index contributed by atoms with van der Waals surface area (Å²) >= 11 is 0. The Morgan fingerprint density at radius 2 is 1.89 bits per heavy atom. The van der Waals surface area contributed by atoms with Crippen molar-refractivity contribution in [2.75, 3.05) is 6.54 Å². The molecule has 2 rings (SSSR count). The van der Waals surface area contributed by atoms with Crippen LogP contribution in [0.3, 0.4) is 0 Å². The zero-order valence-corrected chi connectivity index (χ0v) is 11.4. The van der Waals surface area contributed by atoms with Crippen molar-refractivity contribution < 1.29 is 4.42 Å². The highest BCUT2D eigenvalue weighted by molar-refractivity contribution is 5.51. The van der Waals surface area contributed by atoms with Gasteiger partial charge in [-0.15, -0.1) is 10.2 Å². The molecule has 1 aromatic heterocycles. The van der Waals surface area contributed by atoms with Crippen LogP contribution < -0.4 is 5.32 Å². The maximum atomic E-state index is 5.61. The summed E-state index contributed by atoms with van der Waals surface area (Å²) in [4.78, 5) is 0. The van der Waals surface area contributed by atoms with E-state index in [1.807, 2.05) is 30.3 Å². The van der Waals surface area contributed by atoms with Crippen molar-refractivity contribution in [1.29, 1.82) is 0 Å². The molecule has 0 saturated carbocycles. The second kappa shape index (κ2) is 7.69. The second-order valence-electron chi connectivity index (χ2n) is 4.60. The van der Waals surface area contributed by atoms with Crippen molar-refractivity contribution in [2.24, 2.45) is 0 Å². The zero-order chi connectivity index (χ0) is 13.3. The molecule has 0 aliphatic heterocycles. The Hall–Kier alpha value is -1.68. The predicted octanol–water partition coefficient (Wildman–Crippen LogP) is 3.41. The van der Waals surface area contributed by atoms with Crippen molar-refractivity contribution in [2.45, 2.75) is 39.2 Å². The Kier molecular flexibility index (Phi) is 5.56. The van der Waals surface area contributed by atoms with Crippen molar-refractivity contribution in [3.05, 3.63) is 36.2 Å². The molecular weight excluding hydrogens is 238 g/mol. The van der Waals surface area contributed by atoms with Gasteiger partial charge in [0, 0.05) is 5.56 Å². The van der Waals surface area contributed by atoms with E-state index in [0.29, 0.717) is 18.3 Å². The van der Waals surface area contributed by atoms with Crippen LogP contribution in [0.15, 0.2) is 34.7 Å². The highest BCUT2D eigenvalue weighted by Crippen LogP contribution is 2.16. The van der Waals surface area contributed by atoms with Crippen LogP contribution in [-0.4, -0.2) is 16.7 Å². The standard InChI is InChI=1S/C15H21N3O/c1-2-3-4-8-11-16-12-14-17-18-15(19-14)13-9-6-5-7-10-13/h5-7,9-10,16H,2-4,8,11-12H2,1H3. The lowest BCUT2D eigenvalue weighted by Gasteiger charge is -2.00. The van der Waals surface area contributed by atoms with Gasteiger partial charge in [0.2, 0.25) is 11.8 Å². The summed E-state index contributed by atoms with van der Waals surface area (Å²) in [7, 11) is 0. The van der Waals surface area contributed by atoms with E-state index < -0.39 is 0 Å². The molecule has 1 N–H and O–H groups in total. The Bertz CT molecular complexity index is 467. The van der Waals surface area contributed by atoms with E-state index in [9.17, 15) is 0 Å². The van der Waals surface area contributed by atoms with Crippen LogP contribution in [-0.2, 0) is 6.54 Å². The number of unbranched alkanes of at least 4 members (excludes halogenated alkanes) is 3. The van der Waals surface area contributed by atoms with E-state index in [4.69, 9.17) is 4.42 Å². The summed E-state index contributed by atoms with van der Waals surface area (Å²) in [5.74, 6) is 1.23. The van der Waals surface area contributed by atoms with Crippen LogP contribution in [0.1, 0.15) is 38.5 Å². The summed E-state index contributed by atoms with van der Waals surface area (Å²) in [6.45, 7) is 3.87. The minimum Gasteiger partial charge on any atom is -0.419 e. The molecule has 0 radical (unpaired) electrons. The summed E-state index contributed by atoms with van der Waals surface area (Å²) in [5, 5.41) is 11.4. The van der Waals surface area contributed by atoms with Gasteiger partial charge in [-0.25, -0.2) is 0 Å².